The van der Waals surface area contributed by atoms with Crippen LogP contribution in [0.1, 0.15) is 22.3 Å². The Kier molecular flexibility index (Phi) is 20.5. The maximum absolute atomic E-state index is 12.5. The number of nitriles is 2. The largest absolute Gasteiger partial charge is 1.00 e. The van der Waals surface area contributed by atoms with Gasteiger partial charge in [0.1, 0.15) is 58.7 Å². The molecule has 0 unspecified atom stereocenters. The van der Waals surface area contributed by atoms with Gasteiger partial charge in [0.2, 0.25) is 0 Å². The summed E-state index contributed by atoms with van der Waals surface area (Å²) in [5.41, 5.74) is 1.68. The number of benzene rings is 6. The molecule has 0 saturated carbocycles. The Labute approximate surface area is 475 Å². The molecule has 6 aromatic carbocycles. The first-order chi connectivity index (χ1) is 33.3. The number of hydrogen-bond acceptors (Lipinski definition) is 21. The molecule has 0 aliphatic rings. The molecule has 0 amide bonds. The number of anilines is 4. The Morgan fingerprint density at radius 2 is 1.28 bits per heavy atom. The molecule has 0 atom stereocenters. The van der Waals surface area contributed by atoms with Crippen LogP contribution >= 0.6 is 11.3 Å². The molecule has 8 aromatic rings. The van der Waals surface area contributed by atoms with E-state index < -0.39 is 45.0 Å². The molecule has 2 aromatic heterocycles. The molecule has 3 N–H and O–H groups in total. The van der Waals surface area contributed by atoms with E-state index in [1.165, 1.54) is 49.4 Å². The molecule has 0 bridgehead atoms. The van der Waals surface area contributed by atoms with E-state index in [0.29, 0.717) is 17.5 Å². The molecular weight excluding hydrogens is 1010 g/mol. The second-order valence-corrected chi connectivity index (χ2v) is 19.9. The summed E-state index contributed by atoms with van der Waals surface area (Å²) in [5, 5.41) is 54.0. The monoisotopic (exact) mass is 1040 g/mol. The number of hydrogen-bond donors (Lipinski definition) is 3. The van der Waals surface area contributed by atoms with Crippen LogP contribution in [0.5, 0.6) is 0 Å². The molecule has 350 valence electrons. The number of azo groups is 2. The molecule has 0 aliphatic carbocycles. The van der Waals surface area contributed by atoms with Crippen molar-refractivity contribution in [2.75, 3.05) is 10.6 Å². The molecule has 28 heteroatoms. The molecule has 0 aliphatic heterocycles. The third-order valence-corrected chi connectivity index (χ3v) is 13.9. The fourth-order valence-corrected chi connectivity index (χ4v) is 9.60. The summed E-state index contributed by atoms with van der Waals surface area (Å²) in [6, 6.07) is 34.9. The molecule has 0 spiro atoms. The van der Waals surface area contributed by atoms with Crippen LogP contribution < -0.4 is 86.1 Å². The van der Waals surface area contributed by atoms with E-state index in [4.69, 9.17) is 10.1 Å². The summed E-state index contributed by atoms with van der Waals surface area (Å²) in [7, 11) is -14.7. The maximum Gasteiger partial charge on any atom is 1.00 e. The van der Waals surface area contributed by atoms with Gasteiger partial charge in [-0.3, -0.25) is 5.41 Å². The maximum atomic E-state index is 12.5. The predicted molar refractivity (Wildman–Crippen MR) is 254 cm³/mol. The summed E-state index contributed by atoms with van der Waals surface area (Å²) >= 11 is 0.877. The average Bonchev–Trinajstić information content (AvgIpc) is 3.68. The predicted octanol–water partition coefficient (Wildman–Crippen LogP) is -1.86. The third-order valence-electron chi connectivity index (χ3n) is 10.3. The number of ether oxygens (including phenoxy) is 1. The second kappa shape index (κ2) is 25.1. The van der Waals surface area contributed by atoms with Gasteiger partial charge in [0, 0.05) is 33.1 Å². The fraction of sp³-hybridized carbons (Fsp3) is 0.0435. The topological polar surface area (TPSA) is 339 Å². The van der Waals surface area contributed by atoms with E-state index in [-0.39, 0.29) is 159 Å². The molecule has 0 radical (unpaired) electrons. The van der Waals surface area contributed by atoms with Gasteiger partial charge < -0.3 is 29.0 Å². The minimum atomic E-state index is -5.08. The number of pyridine rings is 1. The van der Waals surface area contributed by atoms with Gasteiger partial charge in [-0.1, -0.05) is 58.7 Å². The first-order valence-corrected chi connectivity index (χ1v) is 24.9. The number of fused-ring (bicyclic) bond motifs is 2. The van der Waals surface area contributed by atoms with Crippen LogP contribution in [0.4, 0.5) is 44.4 Å². The number of nitrogens with one attached hydrogen (secondary N) is 3. The third kappa shape index (κ3) is 13.7. The van der Waals surface area contributed by atoms with Crippen molar-refractivity contribution in [1.82, 2.24) is 4.98 Å². The van der Waals surface area contributed by atoms with E-state index in [2.05, 4.69) is 54.3 Å². The van der Waals surface area contributed by atoms with Gasteiger partial charge in [0.15, 0.2) is 23.0 Å². The molecule has 0 fully saturated rings. The number of rotatable bonds is 15. The first kappa shape index (κ1) is 60.6. The SMILES string of the molecule is Cc1c(C#N)c(Nc2ccc(S(=O)(=O)[O-])cc2)nc(Nc2ccc(S(=O)(=O)[O-])cc2)c1N=Nc1sc(N=Nc2cc(S(=O)(=O)[O-])c3cc(COC=N)c[c-]c3c2)c(-c2ccc3ccccc3c2)c1C#N.[Li+].[Li+].[Li+].[Li+]. The zero-order valence-corrected chi connectivity index (χ0v) is 42.9. The van der Waals surface area contributed by atoms with Crippen molar-refractivity contribution in [2.24, 2.45) is 20.5 Å². The normalized spacial score (nSPS) is 11.4. The summed E-state index contributed by atoms with van der Waals surface area (Å²) in [4.78, 5) is 2.96. The summed E-state index contributed by atoms with van der Waals surface area (Å²) < 4.78 is 112. The van der Waals surface area contributed by atoms with Crippen molar-refractivity contribution >= 4 is 114 Å². The van der Waals surface area contributed by atoms with Gasteiger partial charge >= 0.3 is 75.4 Å². The van der Waals surface area contributed by atoms with Crippen LogP contribution in [-0.4, -0.2) is 50.3 Å². The standard InChI is InChI=1S/C46H31N10O10S4.4Li/c1-26-38(22-47)43(50-32-10-14-35(15-11-32)68(57,58)59)52-44(51-33-12-16-36(17-13-33)69(60,61)62)42(26)54-55-45-39(23-48)41(31-9-8-28-4-2-3-5-29(28)19-31)46(67-45)56-53-34-20-30-7-6-27(24-66-25-49)18-37(30)40(21-34)70(63,64)65;;;;/h2-6,8-21,25,49H,24H2,1H3,(H2,50,51,52)(H,57,58,59)(H,60,61,62)(H,63,64,65);;;;/q-1;4*+1/p-3. The van der Waals surface area contributed by atoms with Crippen molar-refractivity contribution in [3.05, 3.63) is 144 Å². The first-order valence-electron chi connectivity index (χ1n) is 19.9. The van der Waals surface area contributed by atoms with Crippen molar-refractivity contribution < 1.29 is 119 Å². The summed E-state index contributed by atoms with van der Waals surface area (Å²) in [5.74, 6) is -0.139. The quantitative estimate of drug-likeness (QED) is 0.0253. The van der Waals surface area contributed by atoms with Gasteiger partial charge in [-0.15, -0.1) is 45.0 Å². The van der Waals surface area contributed by atoms with Crippen LogP contribution in [-0.2, 0) is 41.7 Å². The van der Waals surface area contributed by atoms with Gasteiger partial charge in [0.05, 0.1) is 22.0 Å². The number of thiophene rings is 1. The van der Waals surface area contributed by atoms with Crippen LogP contribution in [0.2, 0.25) is 0 Å². The van der Waals surface area contributed by atoms with E-state index in [0.717, 1.165) is 52.4 Å². The molecule has 74 heavy (non-hydrogen) atoms. The van der Waals surface area contributed by atoms with E-state index in [9.17, 15) is 49.4 Å². The summed E-state index contributed by atoms with van der Waals surface area (Å²) in [6.07, 6.45) is 0.716. The van der Waals surface area contributed by atoms with Crippen LogP contribution in [0.25, 0.3) is 32.7 Å². The van der Waals surface area contributed by atoms with Gasteiger partial charge in [-0.05, 0) is 83.9 Å². The Morgan fingerprint density at radius 3 is 1.85 bits per heavy atom. The van der Waals surface area contributed by atoms with Crippen molar-refractivity contribution in [3.63, 3.8) is 0 Å². The van der Waals surface area contributed by atoms with Gasteiger partial charge in [-0.25, -0.2) is 30.2 Å². The van der Waals surface area contributed by atoms with Crippen molar-refractivity contribution in [2.45, 2.75) is 28.2 Å². The zero-order valence-electron chi connectivity index (χ0n) is 39.6. The molecule has 20 nitrogen and oxygen atoms in total. The Bertz CT molecular complexity index is 3950. The smallest absolute Gasteiger partial charge is 0.745 e. The van der Waals surface area contributed by atoms with Crippen LogP contribution in [0, 0.1) is 41.1 Å². The van der Waals surface area contributed by atoms with E-state index >= 15 is 0 Å². The van der Waals surface area contributed by atoms with Gasteiger partial charge in [-0.2, -0.15) is 15.6 Å². The molecule has 2 heterocycles. The van der Waals surface area contributed by atoms with E-state index in [1.807, 2.05) is 36.4 Å². The van der Waals surface area contributed by atoms with Crippen LogP contribution in [0.3, 0.4) is 0 Å². The van der Waals surface area contributed by atoms with Crippen molar-refractivity contribution in [1.29, 1.82) is 15.9 Å². The Balaban J connectivity index is 0.00000296. The van der Waals surface area contributed by atoms with E-state index in [1.54, 1.807) is 6.07 Å². The molecule has 0 saturated heterocycles. The minimum Gasteiger partial charge on any atom is -0.745 e. The van der Waals surface area contributed by atoms with Crippen LogP contribution in [0.15, 0.2) is 150 Å². The number of aromatic nitrogens is 1. The van der Waals surface area contributed by atoms with Gasteiger partial charge in [0.25, 0.3) is 0 Å². The Morgan fingerprint density at radius 1 is 0.703 bits per heavy atom. The molecular formula is C46H28Li4N10O10S4. The zero-order chi connectivity index (χ0) is 50.0. The average molecular weight is 1040 g/mol. The summed E-state index contributed by atoms with van der Waals surface area (Å²) in [6.45, 7) is 1.44. The second-order valence-electron chi connectivity index (χ2n) is 14.8. The Hall–Kier alpha value is -5.94. The van der Waals surface area contributed by atoms with Crippen molar-refractivity contribution in [3.8, 4) is 23.3 Å². The molecule has 8 rings (SSSR count). The minimum absolute atomic E-state index is 0. The number of nitrogens with zero attached hydrogens (tertiary/aromatic N) is 7. The fourth-order valence-electron chi connectivity index (χ4n) is 7.04.